The summed E-state index contributed by atoms with van der Waals surface area (Å²) in [6, 6.07) is 5.25. The third-order valence-electron chi connectivity index (χ3n) is 2.11. The van der Waals surface area contributed by atoms with Crippen molar-refractivity contribution in [3.63, 3.8) is 0 Å². The number of carbonyl (C=O) groups excluding carboxylic acids is 1. The van der Waals surface area contributed by atoms with Crippen LogP contribution >= 0.6 is 0 Å². The van der Waals surface area contributed by atoms with Crippen molar-refractivity contribution in [2.24, 2.45) is 0 Å². The Morgan fingerprint density at radius 3 is 2.19 bits per heavy atom. The van der Waals surface area contributed by atoms with Crippen LogP contribution < -0.4 is 5.32 Å². The molecule has 0 unspecified atom stereocenters. The number of aryl methyl sites for hydroxylation is 2. The second-order valence-corrected chi connectivity index (χ2v) is 3.61. The topological polar surface area (TPSA) is 29.1 Å². The summed E-state index contributed by atoms with van der Waals surface area (Å²) in [5, 5.41) is 2.28. The van der Waals surface area contributed by atoms with E-state index in [4.69, 9.17) is 0 Å². The van der Waals surface area contributed by atoms with Crippen LogP contribution in [-0.4, -0.2) is 12.1 Å². The summed E-state index contributed by atoms with van der Waals surface area (Å²) in [6.45, 7) is 3.46. The van der Waals surface area contributed by atoms with Gasteiger partial charge in [0.15, 0.2) is 0 Å². The average molecular weight is 231 g/mol. The van der Waals surface area contributed by atoms with Crippen molar-refractivity contribution in [3.05, 3.63) is 29.3 Å². The van der Waals surface area contributed by atoms with Gasteiger partial charge in [-0.05, 0) is 25.0 Å². The Labute approximate surface area is 91.5 Å². The Balaban J connectivity index is 2.78. The van der Waals surface area contributed by atoms with Gasteiger partial charge >= 0.3 is 6.18 Å². The monoisotopic (exact) mass is 231 g/mol. The largest absolute Gasteiger partial charge is 0.397 e. The lowest BCUT2D eigenvalue weighted by atomic mass is 10.1. The Kier molecular flexibility index (Phi) is 3.57. The van der Waals surface area contributed by atoms with Gasteiger partial charge in [0.1, 0.15) is 6.42 Å². The lowest BCUT2D eigenvalue weighted by molar-refractivity contribution is -0.150. The number of benzene rings is 1. The summed E-state index contributed by atoms with van der Waals surface area (Å²) in [4.78, 5) is 11.1. The van der Waals surface area contributed by atoms with E-state index < -0.39 is 18.5 Å². The number of alkyl halides is 3. The standard InChI is InChI=1S/C11H12F3NO/c1-7-4-3-5-8(2)10(7)15-9(16)6-11(12,13)14/h3-5H,6H2,1-2H3,(H,15,16). The quantitative estimate of drug-likeness (QED) is 0.832. The predicted octanol–water partition coefficient (Wildman–Crippen LogP) is 3.19. The van der Waals surface area contributed by atoms with Crippen molar-refractivity contribution in [1.29, 1.82) is 0 Å². The number of rotatable bonds is 2. The maximum Gasteiger partial charge on any atom is 0.397 e. The molecule has 16 heavy (non-hydrogen) atoms. The molecule has 0 bridgehead atoms. The van der Waals surface area contributed by atoms with E-state index in [1.54, 1.807) is 32.0 Å². The molecule has 1 aromatic carbocycles. The van der Waals surface area contributed by atoms with Crippen molar-refractivity contribution in [1.82, 2.24) is 0 Å². The highest BCUT2D eigenvalue weighted by atomic mass is 19.4. The summed E-state index contributed by atoms with van der Waals surface area (Å²) in [6.07, 6.45) is -5.93. The molecule has 1 N–H and O–H groups in total. The van der Waals surface area contributed by atoms with Gasteiger partial charge in [-0.2, -0.15) is 13.2 Å². The van der Waals surface area contributed by atoms with Gasteiger partial charge in [-0.25, -0.2) is 0 Å². The van der Waals surface area contributed by atoms with Gasteiger partial charge in [-0.15, -0.1) is 0 Å². The Hall–Kier alpha value is -1.52. The van der Waals surface area contributed by atoms with Gasteiger partial charge in [-0.1, -0.05) is 18.2 Å². The molecule has 0 aromatic heterocycles. The van der Waals surface area contributed by atoms with Crippen LogP contribution in [0.2, 0.25) is 0 Å². The van der Waals surface area contributed by atoms with Crippen molar-refractivity contribution in [3.8, 4) is 0 Å². The van der Waals surface area contributed by atoms with Gasteiger partial charge in [0.25, 0.3) is 0 Å². The number of nitrogens with one attached hydrogen (secondary N) is 1. The minimum atomic E-state index is -4.47. The summed E-state index contributed by atoms with van der Waals surface area (Å²) < 4.78 is 35.8. The molecule has 0 radical (unpaired) electrons. The van der Waals surface area contributed by atoms with E-state index in [-0.39, 0.29) is 0 Å². The number of para-hydroxylation sites is 1. The summed E-state index contributed by atoms with van der Waals surface area (Å²) >= 11 is 0. The predicted molar refractivity (Wildman–Crippen MR) is 55.2 cm³/mol. The van der Waals surface area contributed by atoms with Crippen molar-refractivity contribution >= 4 is 11.6 Å². The van der Waals surface area contributed by atoms with E-state index in [2.05, 4.69) is 5.32 Å². The average Bonchev–Trinajstić information content (AvgIpc) is 2.08. The van der Waals surface area contributed by atoms with E-state index in [9.17, 15) is 18.0 Å². The third kappa shape index (κ3) is 3.56. The van der Waals surface area contributed by atoms with E-state index in [0.717, 1.165) is 11.1 Å². The molecule has 5 heteroatoms. The van der Waals surface area contributed by atoms with Crippen LogP contribution in [0.25, 0.3) is 0 Å². The maximum absolute atomic E-state index is 11.9. The smallest absolute Gasteiger partial charge is 0.325 e. The van der Waals surface area contributed by atoms with Crippen LogP contribution in [0.3, 0.4) is 0 Å². The summed E-state index contributed by atoms with van der Waals surface area (Å²) in [7, 11) is 0. The van der Waals surface area contributed by atoms with Crippen molar-refractivity contribution in [2.45, 2.75) is 26.4 Å². The number of hydrogen-bond acceptors (Lipinski definition) is 1. The Morgan fingerprint density at radius 1 is 1.25 bits per heavy atom. The second-order valence-electron chi connectivity index (χ2n) is 3.61. The molecule has 0 aliphatic rings. The van der Waals surface area contributed by atoms with Gasteiger partial charge < -0.3 is 5.32 Å². The lowest BCUT2D eigenvalue weighted by Gasteiger charge is -2.12. The van der Waals surface area contributed by atoms with Crippen LogP contribution in [0.4, 0.5) is 18.9 Å². The van der Waals surface area contributed by atoms with E-state index in [1.165, 1.54) is 0 Å². The summed E-state index contributed by atoms with van der Waals surface area (Å²) in [5.74, 6) is -1.04. The first-order valence-corrected chi connectivity index (χ1v) is 4.72. The summed E-state index contributed by atoms with van der Waals surface area (Å²) in [5.41, 5.74) is 1.95. The maximum atomic E-state index is 11.9. The molecule has 1 rings (SSSR count). The van der Waals surface area contributed by atoms with Crippen LogP contribution in [-0.2, 0) is 4.79 Å². The normalized spacial score (nSPS) is 11.3. The molecule has 0 aliphatic carbocycles. The number of halogens is 3. The van der Waals surface area contributed by atoms with Gasteiger partial charge in [-0.3, -0.25) is 4.79 Å². The first-order valence-electron chi connectivity index (χ1n) is 4.72. The fraction of sp³-hybridized carbons (Fsp3) is 0.364. The van der Waals surface area contributed by atoms with E-state index in [0.29, 0.717) is 5.69 Å². The molecule has 0 spiro atoms. The lowest BCUT2D eigenvalue weighted by Crippen LogP contribution is -2.21. The molecule has 88 valence electrons. The minimum absolute atomic E-state index is 0.455. The molecule has 0 aliphatic heterocycles. The molecular weight excluding hydrogens is 219 g/mol. The Morgan fingerprint density at radius 2 is 1.75 bits per heavy atom. The van der Waals surface area contributed by atoms with Crippen molar-refractivity contribution in [2.75, 3.05) is 5.32 Å². The van der Waals surface area contributed by atoms with Crippen LogP contribution in [0.15, 0.2) is 18.2 Å². The fourth-order valence-electron chi connectivity index (χ4n) is 1.38. The zero-order chi connectivity index (χ0) is 12.3. The zero-order valence-electron chi connectivity index (χ0n) is 8.98. The zero-order valence-corrected chi connectivity index (χ0v) is 8.98. The van der Waals surface area contributed by atoms with Crippen LogP contribution in [0.1, 0.15) is 17.5 Å². The van der Waals surface area contributed by atoms with E-state index >= 15 is 0 Å². The molecule has 1 amide bonds. The Bertz CT molecular complexity index is 378. The first-order chi connectivity index (χ1) is 7.29. The first kappa shape index (κ1) is 12.5. The number of amides is 1. The molecule has 2 nitrogen and oxygen atoms in total. The molecule has 0 saturated heterocycles. The van der Waals surface area contributed by atoms with Crippen LogP contribution in [0.5, 0.6) is 0 Å². The molecule has 0 saturated carbocycles. The third-order valence-corrected chi connectivity index (χ3v) is 2.11. The van der Waals surface area contributed by atoms with Crippen LogP contribution in [0, 0.1) is 13.8 Å². The molecule has 0 fully saturated rings. The van der Waals surface area contributed by atoms with Crippen molar-refractivity contribution < 1.29 is 18.0 Å². The van der Waals surface area contributed by atoms with Gasteiger partial charge in [0.05, 0.1) is 0 Å². The van der Waals surface area contributed by atoms with E-state index in [1.807, 2.05) is 0 Å². The minimum Gasteiger partial charge on any atom is -0.325 e. The molecular formula is C11H12F3NO. The SMILES string of the molecule is Cc1cccc(C)c1NC(=O)CC(F)(F)F. The molecule has 0 atom stereocenters. The highest BCUT2D eigenvalue weighted by molar-refractivity contribution is 5.92. The van der Waals surface area contributed by atoms with Gasteiger partial charge in [0.2, 0.25) is 5.91 Å². The highest BCUT2D eigenvalue weighted by Crippen LogP contribution is 2.23. The fourth-order valence-corrected chi connectivity index (χ4v) is 1.38. The molecule has 1 aromatic rings. The number of anilines is 1. The number of hydrogen-bond donors (Lipinski definition) is 1. The number of carbonyl (C=O) groups is 1. The highest BCUT2D eigenvalue weighted by Gasteiger charge is 2.31. The van der Waals surface area contributed by atoms with Gasteiger partial charge in [0, 0.05) is 5.69 Å². The molecule has 0 heterocycles. The second kappa shape index (κ2) is 4.55.